The van der Waals surface area contributed by atoms with E-state index in [0.29, 0.717) is 6.42 Å². The quantitative estimate of drug-likeness (QED) is 0.880. The highest BCUT2D eigenvalue weighted by Crippen LogP contribution is 2.22. The van der Waals surface area contributed by atoms with Gasteiger partial charge in [0.15, 0.2) is 0 Å². The molecule has 1 aromatic carbocycles. The monoisotopic (exact) mass is 265 g/mol. The van der Waals surface area contributed by atoms with Crippen molar-refractivity contribution in [1.82, 2.24) is 4.90 Å². The van der Waals surface area contributed by atoms with Gasteiger partial charge in [0, 0.05) is 5.54 Å². The number of hydrogen-bond donors (Lipinski definition) is 2. The van der Waals surface area contributed by atoms with Crippen LogP contribution in [0.15, 0.2) is 30.3 Å². The zero-order valence-corrected chi connectivity index (χ0v) is 12.0. The number of hydrogen-bond acceptors (Lipinski definition) is 2. The standard InChI is InChI=1S/C15H23NO3/c1-11(17)13(10-12-8-6-5-7-9-12)16(14(18)19)15(2,3)4/h5-9,11,13,17H,10H2,1-4H3,(H,18,19)/t11?,13-/m0/s1. The molecule has 0 aromatic heterocycles. The molecule has 2 atom stereocenters. The van der Waals surface area contributed by atoms with Crippen molar-refractivity contribution in [3.05, 3.63) is 35.9 Å². The molecule has 4 nitrogen and oxygen atoms in total. The lowest BCUT2D eigenvalue weighted by Crippen LogP contribution is -2.55. The Morgan fingerprint density at radius 2 is 1.79 bits per heavy atom. The Kier molecular flexibility index (Phi) is 4.95. The van der Waals surface area contributed by atoms with Crippen LogP contribution in [0.4, 0.5) is 4.79 Å². The van der Waals surface area contributed by atoms with Crippen LogP contribution >= 0.6 is 0 Å². The molecule has 1 rings (SSSR count). The molecule has 0 aliphatic rings. The number of aliphatic hydroxyl groups excluding tert-OH is 1. The minimum Gasteiger partial charge on any atom is -0.465 e. The molecule has 106 valence electrons. The van der Waals surface area contributed by atoms with Crippen LogP contribution in [0.1, 0.15) is 33.3 Å². The maximum absolute atomic E-state index is 11.5. The molecule has 2 N–H and O–H groups in total. The van der Waals surface area contributed by atoms with Crippen molar-refractivity contribution in [3.63, 3.8) is 0 Å². The first kappa shape index (κ1) is 15.5. The SMILES string of the molecule is CC(O)[C@H](Cc1ccccc1)N(C(=O)O)C(C)(C)C. The van der Waals surface area contributed by atoms with Crippen LogP contribution in [-0.2, 0) is 6.42 Å². The Morgan fingerprint density at radius 1 is 1.26 bits per heavy atom. The number of benzene rings is 1. The molecule has 1 unspecified atom stereocenters. The van der Waals surface area contributed by atoms with Crippen molar-refractivity contribution in [2.75, 3.05) is 0 Å². The van der Waals surface area contributed by atoms with Crippen LogP contribution in [0, 0.1) is 0 Å². The molecule has 1 aromatic rings. The highest BCUT2D eigenvalue weighted by Gasteiger charge is 2.35. The van der Waals surface area contributed by atoms with E-state index in [1.54, 1.807) is 6.92 Å². The summed E-state index contributed by atoms with van der Waals surface area (Å²) in [4.78, 5) is 12.8. The second kappa shape index (κ2) is 6.06. The van der Waals surface area contributed by atoms with E-state index in [9.17, 15) is 15.0 Å². The van der Waals surface area contributed by atoms with Crippen LogP contribution in [0.3, 0.4) is 0 Å². The summed E-state index contributed by atoms with van der Waals surface area (Å²) in [7, 11) is 0. The molecule has 0 fully saturated rings. The lowest BCUT2D eigenvalue weighted by molar-refractivity contribution is 0.0145. The predicted octanol–water partition coefficient (Wildman–Crippen LogP) is 2.76. The fraction of sp³-hybridized carbons (Fsp3) is 0.533. The third-order valence-electron chi connectivity index (χ3n) is 3.10. The van der Waals surface area contributed by atoms with E-state index in [4.69, 9.17) is 0 Å². The van der Waals surface area contributed by atoms with E-state index in [0.717, 1.165) is 5.56 Å². The van der Waals surface area contributed by atoms with Crippen molar-refractivity contribution in [3.8, 4) is 0 Å². The average Bonchev–Trinajstić information content (AvgIpc) is 2.27. The molecule has 0 aliphatic carbocycles. The Bertz CT molecular complexity index is 409. The molecule has 0 spiro atoms. The van der Waals surface area contributed by atoms with Crippen molar-refractivity contribution < 1.29 is 15.0 Å². The maximum atomic E-state index is 11.5. The Labute approximate surface area is 114 Å². The van der Waals surface area contributed by atoms with Gasteiger partial charge in [0.1, 0.15) is 0 Å². The van der Waals surface area contributed by atoms with Gasteiger partial charge in [0.2, 0.25) is 0 Å². The normalized spacial score (nSPS) is 14.8. The highest BCUT2D eigenvalue weighted by atomic mass is 16.4. The summed E-state index contributed by atoms with van der Waals surface area (Å²) in [5.74, 6) is 0. The summed E-state index contributed by atoms with van der Waals surface area (Å²) in [6, 6.07) is 9.17. The van der Waals surface area contributed by atoms with E-state index in [1.165, 1.54) is 4.90 Å². The van der Waals surface area contributed by atoms with Crippen LogP contribution in [0.2, 0.25) is 0 Å². The van der Waals surface area contributed by atoms with Gasteiger partial charge in [-0.1, -0.05) is 30.3 Å². The summed E-state index contributed by atoms with van der Waals surface area (Å²) >= 11 is 0. The van der Waals surface area contributed by atoms with E-state index in [2.05, 4.69) is 0 Å². The molecular formula is C15H23NO3. The molecule has 0 saturated carbocycles. The first-order valence-electron chi connectivity index (χ1n) is 6.47. The van der Waals surface area contributed by atoms with E-state index < -0.39 is 23.8 Å². The van der Waals surface area contributed by atoms with E-state index in [-0.39, 0.29) is 0 Å². The van der Waals surface area contributed by atoms with Crippen LogP contribution in [0.5, 0.6) is 0 Å². The lowest BCUT2D eigenvalue weighted by atomic mass is 9.95. The Balaban J connectivity index is 3.02. The van der Waals surface area contributed by atoms with Crippen molar-refractivity contribution in [2.45, 2.75) is 51.8 Å². The van der Waals surface area contributed by atoms with Crippen LogP contribution in [0.25, 0.3) is 0 Å². The maximum Gasteiger partial charge on any atom is 0.408 e. The number of rotatable bonds is 4. The molecule has 4 heteroatoms. The van der Waals surface area contributed by atoms with Crippen molar-refractivity contribution >= 4 is 6.09 Å². The Morgan fingerprint density at radius 3 is 2.16 bits per heavy atom. The van der Waals surface area contributed by atoms with Crippen molar-refractivity contribution in [1.29, 1.82) is 0 Å². The zero-order chi connectivity index (χ0) is 14.6. The van der Waals surface area contributed by atoms with Crippen molar-refractivity contribution in [2.24, 2.45) is 0 Å². The van der Waals surface area contributed by atoms with Gasteiger partial charge >= 0.3 is 6.09 Å². The minimum absolute atomic E-state index is 0.458. The topological polar surface area (TPSA) is 60.8 Å². The molecule has 1 amide bonds. The largest absolute Gasteiger partial charge is 0.465 e. The van der Waals surface area contributed by atoms with Gasteiger partial charge < -0.3 is 10.2 Å². The predicted molar refractivity (Wildman–Crippen MR) is 75.2 cm³/mol. The zero-order valence-electron chi connectivity index (χ0n) is 12.0. The molecule has 19 heavy (non-hydrogen) atoms. The van der Waals surface area contributed by atoms with Crippen LogP contribution in [-0.4, -0.2) is 38.9 Å². The summed E-state index contributed by atoms with van der Waals surface area (Å²) in [5, 5.41) is 19.4. The fourth-order valence-electron chi connectivity index (χ4n) is 2.26. The summed E-state index contributed by atoms with van der Waals surface area (Å²) in [5.41, 5.74) is 0.464. The number of carboxylic acid groups (broad SMARTS) is 1. The Hall–Kier alpha value is -1.55. The number of nitrogens with zero attached hydrogens (tertiary/aromatic N) is 1. The van der Waals surface area contributed by atoms with Gasteiger partial charge in [0.25, 0.3) is 0 Å². The number of aliphatic hydroxyl groups is 1. The second-order valence-electron chi connectivity index (χ2n) is 5.82. The highest BCUT2D eigenvalue weighted by molar-refractivity contribution is 5.66. The van der Waals surface area contributed by atoms with Gasteiger partial charge in [-0.25, -0.2) is 4.79 Å². The lowest BCUT2D eigenvalue weighted by Gasteiger charge is -2.41. The molecule has 0 saturated heterocycles. The van der Waals surface area contributed by atoms with Gasteiger partial charge in [-0.2, -0.15) is 0 Å². The molecule has 0 bridgehead atoms. The first-order chi connectivity index (χ1) is 8.73. The molecular weight excluding hydrogens is 242 g/mol. The smallest absolute Gasteiger partial charge is 0.408 e. The average molecular weight is 265 g/mol. The first-order valence-corrected chi connectivity index (χ1v) is 6.47. The summed E-state index contributed by atoms with van der Waals surface area (Å²) in [6.45, 7) is 7.14. The van der Waals surface area contributed by atoms with Gasteiger partial charge in [0.05, 0.1) is 12.1 Å². The summed E-state index contributed by atoms with van der Waals surface area (Å²) < 4.78 is 0. The van der Waals surface area contributed by atoms with Crippen LogP contribution < -0.4 is 0 Å². The van der Waals surface area contributed by atoms with Gasteiger partial charge in [-0.05, 0) is 39.7 Å². The molecule has 0 aliphatic heterocycles. The van der Waals surface area contributed by atoms with E-state index >= 15 is 0 Å². The summed E-state index contributed by atoms with van der Waals surface area (Å²) in [6.07, 6.45) is -1.23. The van der Waals surface area contributed by atoms with E-state index in [1.807, 2.05) is 51.1 Å². The number of amides is 1. The second-order valence-corrected chi connectivity index (χ2v) is 5.82. The minimum atomic E-state index is -1.01. The molecule has 0 heterocycles. The van der Waals surface area contributed by atoms with Gasteiger partial charge in [-0.3, -0.25) is 4.90 Å². The third kappa shape index (κ3) is 4.24. The van der Waals surface area contributed by atoms with Gasteiger partial charge in [-0.15, -0.1) is 0 Å². The third-order valence-corrected chi connectivity index (χ3v) is 3.10. The number of carbonyl (C=O) groups is 1. The fourth-order valence-corrected chi connectivity index (χ4v) is 2.26. The molecule has 0 radical (unpaired) electrons.